The van der Waals surface area contributed by atoms with Crippen LogP contribution in [-0.4, -0.2) is 30.1 Å². The van der Waals surface area contributed by atoms with Crippen molar-refractivity contribution >= 4 is 11.8 Å². The molecular weight excluding hydrogens is 324 g/mol. The molecule has 3 heterocycles. The van der Waals surface area contributed by atoms with Crippen LogP contribution in [0.5, 0.6) is 11.5 Å². The maximum atomic E-state index is 13.0. The second-order valence-corrected chi connectivity index (χ2v) is 6.17. The van der Waals surface area contributed by atoms with E-state index in [0.29, 0.717) is 23.6 Å². The molecule has 1 atom stereocenters. The van der Waals surface area contributed by atoms with Gasteiger partial charge < -0.3 is 24.5 Å². The second kappa shape index (κ2) is 6.16. The predicted molar refractivity (Wildman–Crippen MR) is 87.2 cm³/mol. The van der Waals surface area contributed by atoms with Gasteiger partial charge in [-0.2, -0.15) is 0 Å². The van der Waals surface area contributed by atoms with Gasteiger partial charge >= 0.3 is 0 Å². The first-order valence-corrected chi connectivity index (χ1v) is 8.18. The molecule has 130 valence electrons. The molecule has 0 saturated carbocycles. The summed E-state index contributed by atoms with van der Waals surface area (Å²) < 4.78 is 16.1. The van der Waals surface area contributed by atoms with Gasteiger partial charge in [-0.05, 0) is 36.6 Å². The average molecular weight is 342 g/mol. The number of rotatable bonds is 4. The lowest BCUT2D eigenvalue weighted by molar-refractivity contribution is -0.117. The van der Waals surface area contributed by atoms with Crippen LogP contribution in [0.15, 0.2) is 34.9 Å². The number of hydrogen-bond donors (Lipinski definition) is 1. The number of primary amides is 1. The zero-order valence-electron chi connectivity index (χ0n) is 13.6. The van der Waals surface area contributed by atoms with Crippen LogP contribution in [0.25, 0.3) is 0 Å². The van der Waals surface area contributed by atoms with Crippen LogP contribution in [0, 0.1) is 0 Å². The van der Waals surface area contributed by atoms with Crippen molar-refractivity contribution in [2.24, 2.45) is 5.73 Å². The number of furan rings is 1. The van der Waals surface area contributed by atoms with Gasteiger partial charge in [-0.3, -0.25) is 9.59 Å². The van der Waals surface area contributed by atoms with Gasteiger partial charge in [-0.25, -0.2) is 0 Å². The number of fused-ring (bicyclic) bond motifs is 1. The maximum Gasteiger partial charge on any atom is 0.257 e. The summed E-state index contributed by atoms with van der Waals surface area (Å²) in [7, 11) is 0. The van der Waals surface area contributed by atoms with E-state index in [1.807, 2.05) is 23.1 Å². The van der Waals surface area contributed by atoms with E-state index >= 15 is 0 Å². The van der Waals surface area contributed by atoms with E-state index in [4.69, 9.17) is 19.6 Å². The third-order valence-electron chi connectivity index (χ3n) is 4.61. The molecule has 0 spiro atoms. The van der Waals surface area contributed by atoms with Gasteiger partial charge in [0.2, 0.25) is 12.7 Å². The van der Waals surface area contributed by atoms with Crippen LogP contribution >= 0.6 is 0 Å². The van der Waals surface area contributed by atoms with Crippen molar-refractivity contribution in [2.75, 3.05) is 13.3 Å². The van der Waals surface area contributed by atoms with Crippen LogP contribution < -0.4 is 15.2 Å². The number of likely N-dealkylation sites (tertiary alicyclic amines) is 1. The number of hydrogen-bond acceptors (Lipinski definition) is 5. The summed E-state index contributed by atoms with van der Waals surface area (Å²) >= 11 is 0. The number of nitrogens with zero attached hydrogens (tertiary/aromatic N) is 1. The lowest BCUT2D eigenvalue weighted by Crippen LogP contribution is -2.31. The van der Waals surface area contributed by atoms with Gasteiger partial charge in [0.05, 0.1) is 24.3 Å². The molecule has 7 nitrogen and oxygen atoms in total. The topological polar surface area (TPSA) is 95.0 Å². The Bertz CT molecular complexity index is 829. The first-order chi connectivity index (χ1) is 12.1. The molecule has 2 amide bonds. The van der Waals surface area contributed by atoms with Crippen LogP contribution in [0.2, 0.25) is 0 Å². The highest BCUT2D eigenvalue weighted by Gasteiger charge is 2.33. The highest BCUT2D eigenvalue weighted by Crippen LogP contribution is 2.39. The Kier molecular flexibility index (Phi) is 3.83. The van der Waals surface area contributed by atoms with Crippen molar-refractivity contribution in [2.45, 2.75) is 25.3 Å². The molecule has 4 rings (SSSR count). The van der Waals surface area contributed by atoms with Crippen molar-refractivity contribution in [3.8, 4) is 11.5 Å². The number of carbonyl (C=O) groups excluding carboxylic acids is 2. The number of amides is 2. The molecule has 7 heteroatoms. The molecule has 1 unspecified atom stereocenters. The van der Waals surface area contributed by atoms with Crippen LogP contribution in [-0.2, 0) is 11.2 Å². The Morgan fingerprint density at radius 3 is 2.88 bits per heavy atom. The van der Waals surface area contributed by atoms with Crippen molar-refractivity contribution in [3.05, 3.63) is 47.4 Å². The van der Waals surface area contributed by atoms with Gasteiger partial charge in [0.1, 0.15) is 5.76 Å². The van der Waals surface area contributed by atoms with Crippen LogP contribution in [0.4, 0.5) is 0 Å². The summed E-state index contributed by atoms with van der Waals surface area (Å²) in [5.41, 5.74) is 6.63. The van der Waals surface area contributed by atoms with E-state index in [0.717, 1.165) is 24.2 Å². The lowest BCUT2D eigenvalue weighted by Gasteiger charge is -2.25. The fraction of sp³-hybridized carbons (Fsp3) is 0.333. The third-order valence-corrected chi connectivity index (χ3v) is 4.61. The molecule has 2 N–H and O–H groups in total. The summed E-state index contributed by atoms with van der Waals surface area (Å²) in [6.07, 6.45) is 3.11. The van der Waals surface area contributed by atoms with Gasteiger partial charge in [-0.1, -0.05) is 6.07 Å². The molecule has 0 radical (unpaired) electrons. The van der Waals surface area contributed by atoms with Gasteiger partial charge in [-0.15, -0.1) is 0 Å². The van der Waals surface area contributed by atoms with E-state index in [1.165, 1.54) is 6.26 Å². The summed E-state index contributed by atoms with van der Waals surface area (Å²) in [6.45, 7) is 0.872. The number of ether oxygens (including phenoxy) is 2. The average Bonchev–Trinajstić information content (AvgIpc) is 3.33. The van der Waals surface area contributed by atoms with E-state index in [9.17, 15) is 9.59 Å². The van der Waals surface area contributed by atoms with Crippen molar-refractivity contribution in [1.29, 1.82) is 0 Å². The molecular formula is C18H18N2O5. The Hall–Kier alpha value is -2.96. The maximum absolute atomic E-state index is 13.0. The van der Waals surface area contributed by atoms with Crippen molar-refractivity contribution in [3.63, 3.8) is 0 Å². The van der Waals surface area contributed by atoms with Crippen LogP contribution in [0.3, 0.4) is 0 Å². The lowest BCUT2D eigenvalue weighted by atomic mass is 10.0. The highest BCUT2D eigenvalue weighted by atomic mass is 16.7. The SMILES string of the molecule is NC(=O)Cc1occc1C(=O)N1CCCC1c1ccc2c(c1)OCO2. The van der Waals surface area contributed by atoms with Gasteiger partial charge in [0.25, 0.3) is 5.91 Å². The normalized spacial score (nSPS) is 18.6. The number of benzene rings is 1. The Morgan fingerprint density at radius 1 is 1.20 bits per heavy atom. The minimum absolute atomic E-state index is 0.0432. The fourth-order valence-corrected chi connectivity index (χ4v) is 3.46. The van der Waals surface area contributed by atoms with E-state index in [1.54, 1.807) is 6.07 Å². The van der Waals surface area contributed by atoms with Crippen molar-refractivity contribution < 1.29 is 23.5 Å². The smallest absolute Gasteiger partial charge is 0.257 e. The first-order valence-electron chi connectivity index (χ1n) is 8.18. The molecule has 0 aliphatic carbocycles. The zero-order chi connectivity index (χ0) is 17.4. The fourth-order valence-electron chi connectivity index (χ4n) is 3.46. The van der Waals surface area contributed by atoms with Crippen LogP contribution in [0.1, 0.15) is 40.6 Å². The monoisotopic (exact) mass is 342 g/mol. The Labute approximate surface area is 144 Å². The van der Waals surface area contributed by atoms with Gasteiger partial charge in [0, 0.05) is 6.54 Å². The second-order valence-electron chi connectivity index (χ2n) is 6.17. The summed E-state index contributed by atoms with van der Waals surface area (Å²) in [5.74, 6) is 1.06. The molecule has 0 bridgehead atoms. The first kappa shape index (κ1) is 15.6. The molecule has 1 aromatic carbocycles. The minimum Gasteiger partial charge on any atom is -0.468 e. The number of carbonyl (C=O) groups is 2. The molecule has 1 fully saturated rings. The standard InChI is InChI=1S/C18H18N2O5/c19-17(21)9-15-12(5-7-23-15)18(22)20-6-1-2-13(20)11-3-4-14-16(8-11)25-10-24-14/h3-5,7-8,13H,1-2,6,9-10H2,(H2,19,21). The molecule has 25 heavy (non-hydrogen) atoms. The Balaban J connectivity index is 1.60. The summed E-state index contributed by atoms with van der Waals surface area (Å²) in [5, 5.41) is 0. The Morgan fingerprint density at radius 2 is 2.04 bits per heavy atom. The van der Waals surface area contributed by atoms with E-state index < -0.39 is 5.91 Å². The molecule has 1 aromatic heterocycles. The summed E-state index contributed by atoms with van der Waals surface area (Å²) in [4.78, 5) is 26.0. The molecule has 1 saturated heterocycles. The van der Waals surface area contributed by atoms with E-state index in [2.05, 4.69) is 0 Å². The highest BCUT2D eigenvalue weighted by molar-refractivity contribution is 5.96. The molecule has 2 aromatic rings. The molecule has 2 aliphatic rings. The predicted octanol–water partition coefficient (Wildman–Crippen LogP) is 2.01. The number of nitrogens with two attached hydrogens (primary N) is 1. The quantitative estimate of drug-likeness (QED) is 0.917. The minimum atomic E-state index is -0.530. The zero-order valence-corrected chi connectivity index (χ0v) is 13.6. The molecule has 2 aliphatic heterocycles. The van der Waals surface area contributed by atoms with Crippen molar-refractivity contribution in [1.82, 2.24) is 4.90 Å². The summed E-state index contributed by atoms with van der Waals surface area (Å²) in [6, 6.07) is 7.31. The third kappa shape index (κ3) is 2.82. The van der Waals surface area contributed by atoms with E-state index in [-0.39, 0.29) is 25.2 Å². The van der Waals surface area contributed by atoms with Gasteiger partial charge in [0.15, 0.2) is 11.5 Å². The largest absolute Gasteiger partial charge is 0.468 e.